The van der Waals surface area contributed by atoms with E-state index < -0.39 is 11.2 Å². The first kappa shape index (κ1) is 20.6. The number of fused-ring (bicyclic) bond motifs is 1. The molecule has 0 spiro atoms. The fraction of sp³-hybridized carbons (Fsp3) is 0.600. The number of nitrogens with one attached hydrogen (secondary N) is 1. The second-order valence-corrected chi connectivity index (χ2v) is 7.85. The summed E-state index contributed by atoms with van der Waals surface area (Å²) in [4.78, 5) is 28.9. The number of amides is 1. The van der Waals surface area contributed by atoms with Gasteiger partial charge in [0.15, 0.2) is 12.3 Å². The molecule has 154 valence electrons. The van der Waals surface area contributed by atoms with Crippen LogP contribution in [0.5, 0.6) is 0 Å². The van der Waals surface area contributed by atoms with Crippen LogP contribution in [0.4, 0.5) is 11.4 Å². The second-order valence-electron chi connectivity index (χ2n) is 7.85. The molecule has 8 nitrogen and oxygen atoms in total. The molecule has 3 rings (SSSR count). The van der Waals surface area contributed by atoms with E-state index in [1.807, 2.05) is 4.90 Å². The molecule has 1 aromatic carbocycles. The minimum absolute atomic E-state index is 0.00459. The van der Waals surface area contributed by atoms with Crippen molar-refractivity contribution in [2.45, 2.75) is 44.6 Å². The van der Waals surface area contributed by atoms with Crippen molar-refractivity contribution in [1.82, 2.24) is 4.90 Å². The molecule has 2 fully saturated rings. The number of carbonyl (C=O) groups is 2. The Kier molecular flexibility index (Phi) is 6.53. The molecular weight excluding hydrogens is 362 g/mol. The van der Waals surface area contributed by atoms with Crippen LogP contribution in [0.25, 0.3) is 0 Å². The molecule has 2 aliphatic rings. The van der Waals surface area contributed by atoms with Crippen LogP contribution in [0.2, 0.25) is 0 Å². The Morgan fingerprint density at radius 3 is 2.68 bits per heavy atom. The first-order valence-corrected chi connectivity index (χ1v) is 9.89. The maximum atomic E-state index is 12.7. The molecule has 0 bridgehead atoms. The van der Waals surface area contributed by atoms with Gasteiger partial charge < -0.3 is 19.7 Å². The SMILES string of the molecule is CN(C)c1ccc([NH+]([O-])O)cc1C(=O)OCC(=O)N1CCC[C@H]2CCCC[C@@H]21. The van der Waals surface area contributed by atoms with E-state index in [-0.39, 0.29) is 29.8 Å². The van der Waals surface area contributed by atoms with E-state index in [0.717, 1.165) is 25.8 Å². The van der Waals surface area contributed by atoms with Crippen molar-refractivity contribution in [3.8, 4) is 0 Å². The van der Waals surface area contributed by atoms with Crippen molar-refractivity contribution in [3.63, 3.8) is 0 Å². The first-order chi connectivity index (χ1) is 13.4. The maximum absolute atomic E-state index is 12.7. The van der Waals surface area contributed by atoms with Crippen LogP contribution in [0.1, 0.15) is 48.9 Å². The topological polar surface area (TPSA) is 97.6 Å². The Morgan fingerprint density at radius 2 is 1.96 bits per heavy atom. The van der Waals surface area contributed by atoms with E-state index in [2.05, 4.69) is 0 Å². The van der Waals surface area contributed by atoms with E-state index in [9.17, 15) is 20.0 Å². The number of hydrogen-bond donors (Lipinski definition) is 2. The highest BCUT2D eigenvalue weighted by molar-refractivity contribution is 5.97. The summed E-state index contributed by atoms with van der Waals surface area (Å²) < 4.78 is 5.30. The number of benzene rings is 1. The highest BCUT2D eigenvalue weighted by Crippen LogP contribution is 2.35. The van der Waals surface area contributed by atoms with Crippen LogP contribution < -0.4 is 10.1 Å². The molecule has 1 aromatic rings. The van der Waals surface area contributed by atoms with Gasteiger partial charge in [0.25, 0.3) is 5.91 Å². The van der Waals surface area contributed by atoms with Crippen molar-refractivity contribution in [2.75, 3.05) is 32.1 Å². The average molecular weight is 391 g/mol. The zero-order valence-electron chi connectivity index (χ0n) is 16.5. The Balaban J connectivity index is 1.68. The Morgan fingerprint density at radius 1 is 1.25 bits per heavy atom. The standard InChI is InChI=1S/C20H29N3O5/c1-21(2)18-10-9-15(23(26)27)12-16(18)20(25)28-13-19(24)22-11-5-7-14-6-3-4-8-17(14)22/h9-10,12,14,17,23,26H,3-8,11,13H2,1-2H3/t14-,17+/m1/s1. The number of ether oxygens (including phenoxy) is 1. The van der Waals surface area contributed by atoms with Crippen molar-refractivity contribution in [1.29, 1.82) is 0 Å². The molecule has 1 aliphatic heterocycles. The van der Waals surface area contributed by atoms with Crippen molar-refractivity contribution in [3.05, 3.63) is 29.0 Å². The summed E-state index contributed by atoms with van der Waals surface area (Å²) >= 11 is 0. The quantitative estimate of drug-likeness (QED) is 0.583. The van der Waals surface area contributed by atoms with Gasteiger partial charge in [0.1, 0.15) is 0 Å². The highest BCUT2D eigenvalue weighted by Gasteiger charge is 2.36. The molecule has 1 amide bonds. The van der Waals surface area contributed by atoms with Gasteiger partial charge in [-0.1, -0.05) is 12.8 Å². The van der Waals surface area contributed by atoms with Crippen molar-refractivity contribution < 1.29 is 24.8 Å². The number of anilines is 1. The van der Waals surface area contributed by atoms with E-state index >= 15 is 0 Å². The molecule has 0 radical (unpaired) electrons. The summed E-state index contributed by atoms with van der Waals surface area (Å²) in [7, 11) is 3.52. The molecule has 1 unspecified atom stereocenters. The number of likely N-dealkylation sites (tertiary alicyclic amines) is 1. The smallest absolute Gasteiger partial charge is 0.340 e. The summed E-state index contributed by atoms with van der Waals surface area (Å²) in [5.74, 6) is -0.280. The predicted molar refractivity (Wildman–Crippen MR) is 104 cm³/mol. The molecule has 1 heterocycles. The third kappa shape index (κ3) is 4.45. The molecule has 1 aliphatic carbocycles. The Bertz CT molecular complexity index is 720. The number of quaternary nitrogens is 1. The molecule has 1 saturated heterocycles. The normalized spacial score (nSPS) is 22.9. The zero-order valence-corrected chi connectivity index (χ0v) is 16.5. The van der Waals surface area contributed by atoms with Gasteiger partial charge in [-0.3, -0.25) is 4.79 Å². The molecule has 8 heteroatoms. The van der Waals surface area contributed by atoms with Crippen LogP contribution >= 0.6 is 0 Å². The predicted octanol–water partition coefficient (Wildman–Crippen LogP) is 1.49. The fourth-order valence-corrected chi connectivity index (χ4v) is 4.44. The molecular formula is C20H29N3O5. The fourth-order valence-electron chi connectivity index (χ4n) is 4.44. The van der Waals surface area contributed by atoms with Gasteiger partial charge in [-0.25, -0.2) is 10.0 Å². The highest BCUT2D eigenvalue weighted by atomic mass is 16.8. The van der Waals surface area contributed by atoms with Crippen molar-refractivity contribution in [2.24, 2.45) is 5.92 Å². The average Bonchev–Trinajstić information content (AvgIpc) is 2.70. The number of carbonyl (C=O) groups excluding carboxylic acids is 2. The van der Waals surface area contributed by atoms with Gasteiger partial charge in [0.2, 0.25) is 0 Å². The second kappa shape index (κ2) is 8.89. The minimum Gasteiger partial charge on any atom is -0.595 e. The summed E-state index contributed by atoms with van der Waals surface area (Å²) in [5.41, 5.74) is 0.699. The van der Waals surface area contributed by atoms with Crippen LogP contribution in [-0.4, -0.2) is 55.3 Å². The van der Waals surface area contributed by atoms with E-state index in [1.54, 1.807) is 25.1 Å². The van der Waals surface area contributed by atoms with E-state index in [1.165, 1.54) is 31.4 Å². The molecule has 3 atom stereocenters. The van der Waals surface area contributed by atoms with Gasteiger partial charge in [-0.15, -0.1) is 0 Å². The first-order valence-electron chi connectivity index (χ1n) is 9.89. The van der Waals surface area contributed by atoms with Gasteiger partial charge in [-0.2, -0.15) is 5.23 Å². The lowest BCUT2D eigenvalue weighted by molar-refractivity contribution is -0.991. The van der Waals surface area contributed by atoms with Gasteiger partial charge in [0.05, 0.1) is 11.3 Å². The zero-order chi connectivity index (χ0) is 20.3. The minimum atomic E-state index is -1.12. The lowest BCUT2D eigenvalue weighted by atomic mass is 9.78. The lowest BCUT2D eigenvalue weighted by Gasteiger charge is -2.44. The summed E-state index contributed by atoms with van der Waals surface area (Å²) in [5, 5.41) is 19.3. The summed E-state index contributed by atoms with van der Waals surface area (Å²) in [6.07, 6.45) is 6.72. The van der Waals surface area contributed by atoms with Gasteiger partial charge in [0, 0.05) is 38.8 Å². The van der Waals surface area contributed by atoms with Crippen molar-refractivity contribution >= 4 is 23.3 Å². The number of esters is 1. The van der Waals surface area contributed by atoms with Gasteiger partial charge in [-0.05, 0) is 37.7 Å². The number of hydrogen-bond acceptors (Lipinski definition) is 6. The van der Waals surface area contributed by atoms with E-state index in [0.29, 0.717) is 11.6 Å². The Hall–Kier alpha value is -2.16. The van der Waals surface area contributed by atoms with Crippen LogP contribution in [0.15, 0.2) is 18.2 Å². The molecule has 2 N–H and O–H groups in total. The number of piperidine rings is 1. The van der Waals surface area contributed by atoms with Crippen LogP contribution in [0.3, 0.4) is 0 Å². The Labute approximate surface area is 165 Å². The number of rotatable bonds is 5. The van der Waals surface area contributed by atoms with Crippen LogP contribution in [0, 0.1) is 11.1 Å². The monoisotopic (exact) mass is 391 g/mol. The molecule has 1 saturated carbocycles. The summed E-state index contributed by atoms with van der Waals surface area (Å²) in [6, 6.07) is 4.57. The van der Waals surface area contributed by atoms with Gasteiger partial charge >= 0.3 is 5.97 Å². The lowest BCUT2D eigenvalue weighted by Crippen LogP contribution is -2.99. The molecule has 0 aromatic heterocycles. The number of nitrogens with zero attached hydrogens (tertiary/aromatic N) is 2. The third-order valence-corrected chi connectivity index (χ3v) is 5.84. The largest absolute Gasteiger partial charge is 0.595 e. The third-order valence-electron chi connectivity index (χ3n) is 5.84. The summed E-state index contributed by atoms with van der Waals surface area (Å²) in [6.45, 7) is 0.404. The van der Waals surface area contributed by atoms with Crippen LogP contribution in [-0.2, 0) is 9.53 Å². The van der Waals surface area contributed by atoms with E-state index in [4.69, 9.17) is 4.74 Å². The maximum Gasteiger partial charge on any atom is 0.340 e. The molecule has 28 heavy (non-hydrogen) atoms.